The zero-order valence-electron chi connectivity index (χ0n) is 17.0. The van der Waals surface area contributed by atoms with Gasteiger partial charge in [-0.3, -0.25) is 9.69 Å². The molecule has 1 unspecified atom stereocenters. The third kappa shape index (κ3) is 6.56. The van der Waals surface area contributed by atoms with Crippen molar-refractivity contribution in [3.63, 3.8) is 0 Å². The molecule has 1 rings (SSSR count). The molecule has 0 aromatic carbocycles. The minimum Gasteiger partial charge on any atom is -0.480 e. The number of nitrogens with two attached hydrogens (primary N) is 1. The SMILES string of the molecule is CCCCCCCCCCCCCCN1CCC(C)(N)[C@@]1(C)C(=O)O. The van der Waals surface area contributed by atoms with Gasteiger partial charge in [0.2, 0.25) is 0 Å². The van der Waals surface area contributed by atoms with Gasteiger partial charge in [-0.2, -0.15) is 0 Å². The summed E-state index contributed by atoms with van der Waals surface area (Å²) in [5.41, 5.74) is 4.69. The molecular weight excluding hydrogens is 312 g/mol. The Balaban J connectivity index is 2.06. The minimum atomic E-state index is -0.926. The lowest BCUT2D eigenvalue weighted by atomic mass is 9.81. The fraction of sp³-hybridized carbons (Fsp3) is 0.952. The molecule has 2 atom stereocenters. The van der Waals surface area contributed by atoms with E-state index in [0.717, 1.165) is 25.9 Å². The highest BCUT2D eigenvalue weighted by atomic mass is 16.4. The third-order valence-corrected chi connectivity index (χ3v) is 6.34. The number of likely N-dealkylation sites (tertiary alicyclic amines) is 1. The molecule has 0 spiro atoms. The van der Waals surface area contributed by atoms with E-state index in [-0.39, 0.29) is 0 Å². The second-order valence-corrected chi connectivity index (χ2v) is 8.42. The van der Waals surface area contributed by atoms with Crippen LogP contribution in [-0.2, 0) is 4.79 Å². The van der Waals surface area contributed by atoms with Crippen molar-refractivity contribution in [3.8, 4) is 0 Å². The van der Waals surface area contributed by atoms with Crippen LogP contribution in [0.5, 0.6) is 0 Å². The molecule has 0 aliphatic carbocycles. The quantitative estimate of drug-likeness (QED) is 0.433. The molecule has 0 radical (unpaired) electrons. The minimum absolute atomic E-state index is 0.643. The smallest absolute Gasteiger partial charge is 0.325 e. The fourth-order valence-corrected chi connectivity index (χ4v) is 4.05. The molecule has 4 heteroatoms. The molecule has 1 heterocycles. The molecule has 3 N–H and O–H groups in total. The summed E-state index contributed by atoms with van der Waals surface area (Å²) < 4.78 is 0. The molecule has 0 aromatic heterocycles. The van der Waals surface area contributed by atoms with E-state index in [4.69, 9.17) is 5.73 Å². The highest BCUT2D eigenvalue weighted by Gasteiger charge is 2.56. The van der Waals surface area contributed by atoms with E-state index in [1.54, 1.807) is 6.92 Å². The maximum Gasteiger partial charge on any atom is 0.325 e. The number of hydrogen-bond acceptors (Lipinski definition) is 3. The van der Waals surface area contributed by atoms with Crippen LogP contribution in [0.15, 0.2) is 0 Å². The molecule has 148 valence electrons. The lowest BCUT2D eigenvalue weighted by molar-refractivity contribution is -0.151. The van der Waals surface area contributed by atoms with E-state index in [0.29, 0.717) is 0 Å². The molecule has 1 aliphatic heterocycles. The lowest BCUT2D eigenvalue weighted by Gasteiger charge is -2.39. The van der Waals surface area contributed by atoms with Gasteiger partial charge in [0, 0.05) is 12.1 Å². The van der Waals surface area contributed by atoms with Gasteiger partial charge in [0.05, 0.1) is 0 Å². The highest BCUT2D eigenvalue weighted by molar-refractivity contribution is 5.81. The Bertz CT molecular complexity index is 384. The van der Waals surface area contributed by atoms with Gasteiger partial charge >= 0.3 is 5.97 Å². The molecular formula is C21H42N2O2. The predicted molar refractivity (Wildman–Crippen MR) is 106 cm³/mol. The lowest BCUT2D eigenvalue weighted by Crippen LogP contribution is -2.64. The normalized spacial score (nSPS) is 27.0. The van der Waals surface area contributed by atoms with Gasteiger partial charge in [-0.05, 0) is 33.2 Å². The van der Waals surface area contributed by atoms with Crippen molar-refractivity contribution in [2.75, 3.05) is 13.1 Å². The summed E-state index contributed by atoms with van der Waals surface area (Å²) >= 11 is 0. The van der Waals surface area contributed by atoms with E-state index in [9.17, 15) is 9.90 Å². The topological polar surface area (TPSA) is 66.6 Å². The Morgan fingerprint density at radius 2 is 1.36 bits per heavy atom. The predicted octanol–water partition coefficient (Wildman–Crippen LogP) is 4.95. The maximum absolute atomic E-state index is 11.7. The van der Waals surface area contributed by atoms with E-state index >= 15 is 0 Å². The Hall–Kier alpha value is -0.610. The summed E-state index contributed by atoms with van der Waals surface area (Å²) in [6.07, 6.45) is 16.7. The van der Waals surface area contributed by atoms with Crippen molar-refractivity contribution >= 4 is 5.97 Å². The zero-order chi connectivity index (χ0) is 18.8. The summed E-state index contributed by atoms with van der Waals surface area (Å²) in [6, 6.07) is 0. The summed E-state index contributed by atoms with van der Waals surface area (Å²) in [5.74, 6) is -0.783. The first kappa shape index (κ1) is 22.4. The molecule has 1 aliphatic rings. The third-order valence-electron chi connectivity index (χ3n) is 6.34. The Morgan fingerprint density at radius 1 is 0.920 bits per heavy atom. The van der Waals surface area contributed by atoms with Gasteiger partial charge < -0.3 is 10.8 Å². The van der Waals surface area contributed by atoms with Crippen molar-refractivity contribution < 1.29 is 9.90 Å². The standard InChI is InChI=1S/C21H42N2O2/c1-4-5-6-7-8-9-10-11-12-13-14-15-17-23-18-16-20(2,22)21(23,3)19(24)25/h4-18,22H2,1-3H3,(H,24,25)/t20?,21-/m1/s1. The monoisotopic (exact) mass is 354 g/mol. The fourth-order valence-electron chi connectivity index (χ4n) is 4.05. The first-order valence-corrected chi connectivity index (χ1v) is 10.6. The first-order valence-electron chi connectivity index (χ1n) is 10.6. The van der Waals surface area contributed by atoms with E-state index in [2.05, 4.69) is 11.8 Å². The number of aliphatic carboxylic acids is 1. The van der Waals surface area contributed by atoms with Crippen LogP contribution in [-0.4, -0.2) is 40.1 Å². The second-order valence-electron chi connectivity index (χ2n) is 8.42. The Morgan fingerprint density at radius 3 is 1.80 bits per heavy atom. The van der Waals surface area contributed by atoms with Crippen LogP contribution in [0.3, 0.4) is 0 Å². The summed E-state index contributed by atoms with van der Waals surface area (Å²) in [7, 11) is 0. The van der Waals surface area contributed by atoms with E-state index < -0.39 is 17.0 Å². The van der Waals surface area contributed by atoms with Crippen LogP contribution >= 0.6 is 0 Å². The molecule has 0 bridgehead atoms. The van der Waals surface area contributed by atoms with Gasteiger partial charge in [0.25, 0.3) is 0 Å². The van der Waals surface area contributed by atoms with Crippen LogP contribution < -0.4 is 5.73 Å². The van der Waals surface area contributed by atoms with Crippen molar-refractivity contribution in [2.24, 2.45) is 5.73 Å². The van der Waals surface area contributed by atoms with Gasteiger partial charge in [0.1, 0.15) is 5.54 Å². The number of carboxylic acid groups (broad SMARTS) is 1. The van der Waals surface area contributed by atoms with Crippen molar-refractivity contribution in [3.05, 3.63) is 0 Å². The van der Waals surface area contributed by atoms with E-state index in [1.165, 1.54) is 70.6 Å². The number of hydrogen-bond donors (Lipinski definition) is 2. The molecule has 25 heavy (non-hydrogen) atoms. The Kier molecular flexibility index (Phi) is 10.0. The molecule has 1 fully saturated rings. The van der Waals surface area contributed by atoms with Crippen molar-refractivity contribution in [1.82, 2.24) is 4.90 Å². The molecule has 4 nitrogen and oxygen atoms in total. The summed E-state index contributed by atoms with van der Waals surface area (Å²) in [6.45, 7) is 7.59. The summed E-state index contributed by atoms with van der Waals surface area (Å²) in [4.78, 5) is 13.8. The number of unbranched alkanes of at least 4 members (excludes halogenated alkanes) is 11. The Labute approximate surface area is 155 Å². The summed E-state index contributed by atoms with van der Waals surface area (Å²) in [5, 5.41) is 9.65. The van der Waals surface area contributed by atoms with Gasteiger partial charge in [-0.15, -0.1) is 0 Å². The van der Waals surface area contributed by atoms with Gasteiger partial charge in [-0.1, -0.05) is 77.6 Å². The average molecular weight is 355 g/mol. The molecule has 1 saturated heterocycles. The largest absolute Gasteiger partial charge is 0.480 e. The second kappa shape index (κ2) is 11.2. The first-order chi connectivity index (χ1) is 11.9. The van der Waals surface area contributed by atoms with Crippen LogP contribution in [0.4, 0.5) is 0 Å². The van der Waals surface area contributed by atoms with Crippen molar-refractivity contribution in [2.45, 2.75) is 115 Å². The van der Waals surface area contributed by atoms with Crippen LogP contribution in [0.25, 0.3) is 0 Å². The number of rotatable bonds is 14. The number of nitrogens with zero attached hydrogens (tertiary/aromatic N) is 1. The highest BCUT2D eigenvalue weighted by Crippen LogP contribution is 2.36. The number of carbonyl (C=O) groups is 1. The number of carboxylic acids is 1. The molecule has 0 aromatic rings. The zero-order valence-corrected chi connectivity index (χ0v) is 17.0. The van der Waals surface area contributed by atoms with Gasteiger partial charge in [0.15, 0.2) is 0 Å². The van der Waals surface area contributed by atoms with Crippen LogP contribution in [0, 0.1) is 0 Å². The van der Waals surface area contributed by atoms with E-state index in [1.807, 2.05) is 6.92 Å². The van der Waals surface area contributed by atoms with Gasteiger partial charge in [-0.25, -0.2) is 0 Å². The molecule has 0 amide bonds. The van der Waals surface area contributed by atoms with Crippen LogP contribution in [0.1, 0.15) is 104 Å². The average Bonchev–Trinajstić information content (AvgIpc) is 2.80. The maximum atomic E-state index is 11.7. The van der Waals surface area contributed by atoms with Crippen molar-refractivity contribution in [1.29, 1.82) is 0 Å². The molecule has 0 saturated carbocycles. The van der Waals surface area contributed by atoms with Crippen LogP contribution in [0.2, 0.25) is 0 Å².